The molecule has 0 radical (unpaired) electrons. The van der Waals surface area contributed by atoms with E-state index in [0.717, 1.165) is 33.0 Å². The largest absolute Gasteiger partial charge is 0.325 e. The molecule has 0 bridgehead atoms. The fourth-order valence-electron chi connectivity index (χ4n) is 3.10. The van der Waals surface area contributed by atoms with E-state index >= 15 is 0 Å². The fraction of sp³-hybridized carbons (Fsp3) is 0.316. The van der Waals surface area contributed by atoms with Crippen LogP contribution >= 0.6 is 11.3 Å². The van der Waals surface area contributed by atoms with Gasteiger partial charge in [0.15, 0.2) is 5.54 Å². The average molecular weight is 371 g/mol. The first-order valence-corrected chi connectivity index (χ1v) is 9.31. The zero-order valence-corrected chi connectivity index (χ0v) is 15.8. The first kappa shape index (κ1) is 18.1. The molecule has 1 unspecified atom stereocenters. The fourth-order valence-corrected chi connectivity index (χ4v) is 3.93. The van der Waals surface area contributed by atoms with E-state index in [1.807, 2.05) is 43.5 Å². The van der Waals surface area contributed by atoms with E-state index in [1.54, 1.807) is 13.0 Å². The number of nitrogens with zero attached hydrogens (tertiary/aromatic N) is 1. The van der Waals surface area contributed by atoms with Crippen molar-refractivity contribution in [3.8, 4) is 0 Å². The van der Waals surface area contributed by atoms with Crippen LogP contribution < -0.4 is 10.6 Å². The monoisotopic (exact) mass is 371 g/mol. The lowest BCUT2D eigenvalue weighted by Crippen LogP contribution is -2.41. The number of aryl methyl sites for hydroxylation is 2. The summed E-state index contributed by atoms with van der Waals surface area (Å²) in [4.78, 5) is 39.3. The number of hydrogen-bond acceptors (Lipinski definition) is 4. The van der Waals surface area contributed by atoms with E-state index in [-0.39, 0.29) is 6.54 Å². The Labute approximate surface area is 156 Å². The highest BCUT2D eigenvalue weighted by atomic mass is 32.1. The van der Waals surface area contributed by atoms with Crippen LogP contribution in [0.3, 0.4) is 0 Å². The zero-order valence-electron chi connectivity index (χ0n) is 15.0. The van der Waals surface area contributed by atoms with Crippen LogP contribution in [0.5, 0.6) is 0 Å². The molecule has 1 aliphatic heterocycles. The maximum atomic E-state index is 12.8. The third-order valence-corrected chi connectivity index (χ3v) is 5.69. The Morgan fingerprint density at radius 3 is 2.69 bits per heavy atom. The number of carbonyl (C=O) groups excluding carboxylic acids is 3. The SMILES string of the molecule is CCc1cccc(C)c1NC(=O)CN1C(=O)NC(C)(c2cccs2)C1=O. The molecule has 1 aromatic heterocycles. The van der Waals surface area contributed by atoms with Crippen molar-refractivity contribution in [2.24, 2.45) is 0 Å². The van der Waals surface area contributed by atoms with Crippen LogP contribution in [-0.4, -0.2) is 29.3 Å². The van der Waals surface area contributed by atoms with E-state index in [2.05, 4.69) is 10.6 Å². The minimum absolute atomic E-state index is 0.316. The summed E-state index contributed by atoms with van der Waals surface area (Å²) < 4.78 is 0. The Morgan fingerprint density at radius 1 is 1.27 bits per heavy atom. The first-order chi connectivity index (χ1) is 12.4. The Kier molecular flexibility index (Phi) is 4.82. The molecule has 0 spiro atoms. The van der Waals surface area contributed by atoms with E-state index in [1.165, 1.54) is 11.3 Å². The topological polar surface area (TPSA) is 78.5 Å². The Hall–Kier alpha value is -2.67. The summed E-state index contributed by atoms with van der Waals surface area (Å²) in [5.74, 6) is -0.812. The number of rotatable bonds is 5. The molecule has 2 N–H and O–H groups in total. The number of thiophene rings is 1. The molecule has 7 heteroatoms. The zero-order chi connectivity index (χ0) is 18.9. The van der Waals surface area contributed by atoms with E-state index < -0.39 is 23.4 Å². The van der Waals surface area contributed by atoms with Crippen LogP contribution in [0.4, 0.5) is 10.5 Å². The summed E-state index contributed by atoms with van der Waals surface area (Å²) in [6.45, 7) is 5.27. The van der Waals surface area contributed by atoms with Crippen molar-refractivity contribution in [1.29, 1.82) is 0 Å². The summed E-state index contributed by atoms with van der Waals surface area (Å²) in [5.41, 5.74) is 1.58. The third kappa shape index (κ3) is 3.10. The molecular formula is C19H21N3O3S. The third-order valence-electron chi connectivity index (χ3n) is 4.60. The first-order valence-electron chi connectivity index (χ1n) is 8.43. The van der Waals surface area contributed by atoms with Crippen LogP contribution in [0.2, 0.25) is 0 Å². The van der Waals surface area contributed by atoms with Crippen LogP contribution in [0.1, 0.15) is 29.9 Å². The predicted octanol–water partition coefficient (Wildman–Crippen LogP) is 3.02. The van der Waals surface area contributed by atoms with Gasteiger partial charge >= 0.3 is 6.03 Å². The standard InChI is InChI=1S/C19H21N3O3S/c1-4-13-8-5-7-12(2)16(13)20-15(23)11-22-17(24)19(3,21-18(22)25)14-9-6-10-26-14/h5-10H,4,11H2,1-3H3,(H,20,23)(H,21,25). The second kappa shape index (κ2) is 6.92. The Morgan fingerprint density at radius 2 is 2.04 bits per heavy atom. The Bertz CT molecular complexity index is 863. The molecule has 26 heavy (non-hydrogen) atoms. The highest BCUT2D eigenvalue weighted by Crippen LogP contribution is 2.31. The average Bonchev–Trinajstić information content (AvgIpc) is 3.21. The maximum absolute atomic E-state index is 12.8. The van der Waals surface area contributed by atoms with Crippen molar-refractivity contribution in [2.75, 3.05) is 11.9 Å². The molecule has 0 saturated carbocycles. The molecule has 3 rings (SSSR count). The molecule has 136 valence electrons. The summed E-state index contributed by atoms with van der Waals surface area (Å²) in [6.07, 6.45) is 0.775. The number of nitrogens with one attached hydrogen (secondary N) is 2. The van der Waals surface area contributed by atoms with Gasteiger partial charge in [0.1, 0.15) is 6.54 Å². The van der Waals surface area contributed by atoms with E-state index in [0.29, 0.717) is 0 Å². The van der Waals surface area contributed by atoms with Gasteiger partial charge in [0.25, 0.3) is 5.91 Å². The van der Waals surface area contributed by atoms with Gasteiger partial charge in [-0.1, -0.05) is 31.2 Å². The van der Waals surface area contributed by atoms with Gasteiger partial charge in [-0.25, -0.2) is 4.79 Å². The lowest BCUT2D eigenvalue weighted by atomic mass is 10.0. The number of anilines is 1. The minimum atomic E-state index is -1.12. The van der Waals surface area contributed by atoms with E-state index in [4.69, 9.17) is 0 Å². The van der Waals surface area contributed by atoms with Gasteiger partial charge in [-0.05, 0) is 42.8 Å². The van der Waals surface area contributed by atoms with Crippen LogP contribution in [0.25, 0.3) is 0 Å². The molecule has 0 aliphatic carbocycles. The number of benzene rings is 1. The molecule has 1 atom stereocenters. The molecule has 4 amide bonds. The summed E-state index contributed by atoms with van der Waals surface area (Å²) in [7, 11) is 0. The van der Waals surface area contributed by atoms with Crippen molar-refractivity contribution in [1.82, 2.24) is 10.2 Å². The van der Waals surface area contributed by atoms with Gasteiger partial charge in [0, 0.05) is 10.6 Å². The quantitative estimate of drug-likeness (QED) is 0.793. The number of hydrogen-bond donors (Lipinski definition) is 2. The van der Waals surface area contributed by atoms with Gasteiger partial charge < -0.3 is 10.6 Å². The van der Waals surface area contributed by atoms with Crippen molar-refractivity contribution in [3.63, 3.8) is 0 Å². The lowest BCUT2D eigenvalue weighted by molar-refractivity contribution is -0.133. The molecule has 1 aliphatic rings. The number of urea groups is 1. The van der Waals surface area contributed by atoms with Gasteiger partial charge in [-0.3, -0.25) is 14.5 Å². The highest BCUT2D eigenvalue weighted by Gasteiger charge is 2.50. The number of carbonyl (C=O) groups is 3. The van der Waals surface area contributed by atoms with Gasteiger partial charge in [0.05, 0.1) is 0 Å². The van der Waals surface area contributed by atoms with Crippen molar-refractivity contribution in [2.45, 2.75) is 32.7 Å². The summed E-state index contributed by atoms with van der Waals surface area (Å²) >= 11 is 1.39. The highest BCUT2D eigenvalue weighted by molar-refractivity contribution is 7.10. The second-order valence-electron chi connectivity index (χ2n) is 6.43. The smallest absolute Gasteiger partial charge is 0.324 e. The van der Waals surface area contributed by atoms with Crippen molar-refractivity contribution >= 4 is 34.9 Å². The molecular weight excluding hydrogens is 350 g/mol. The normalized spacial score (nSPS) is 19.6. The number of imide groups is 1. The minimum Gasteiger partial charge on any atom is -0.324 e. The second-order valence-corrected chi connectivity index (χ2v) is 7.38. The molecule has 1 saturated heterocycles. The lowest BCUT2D eigenvalue weighted by Gasteiger charge is -2.20. The molecule has 1 fully saturated rings. The predicted molar refractivity (Wildman–Crippen MR) is 101 cm³/mol. The van der Waals surface area contributed by atoms with E-state index in [9.17, 15) is 14.4 Å². The molecule has 1 aromatic carbocycles. The number of amides is 4. The summed E-state index contributed by atoms with van der Waals surface area (Å²) in [5, 5.41) is 7.40. The van der Waals surface area contributed by atoms with Gasteiger partial charge in [0.2, 0.25) is 5.91 Å². The maximum Gasteiger partial charge on any atom is 0.325 e. The van der Waals surface area contributed by atoms with Crippen molar-refractivity contribution in [3.05, 3.63) is 51.7 Å². The molecule has 2 heterocycles. The van der Waals surface area contributed by atoms with Gasteiger partial charge in [-0.15, -0.1) is 11.3 Å². The van der Waals surface area contributed by atoms with Crippen LogP contribution in [-0.2, 0) is 21.5 Å². The van der Waals surface area contributed by atoms with Crippen LogP contribution in [0.15, 0.2) is 35.7 Å². The Balaban J connectivity index is 1.76. The molecule has 2 aromatic rings. The number of para-hydroxylation sites is 1. The van der Waals surface area contributed by atoms with Gasteiger partial charge in [-0.2, -0.15) is 0 Å². The summed E-state index contributed by atoms with van der Waals surface area (Å²) in [6, 6.07) is 8.87. The van der Waals surface area contributed by atoms with Crippen LogP contribution in [0, 0.1) is 6.92 Å². The molecule has 6 nitrogen and oxygen atoms in total. The van der Waals surface area contributed by atoms with Crippen molar-refractivity contribution < 1.29 is 14.4 Å².